The Kier molecular flexibility index (Phi) is 4.60. The molecule has 0 bridgehead atoms. The van der Waals surface area contributed by atoms with Gasteiger partial charge in [-0.25, -0.2) is 4.39 Å². The minimum Gasteiger partial charge on any atom is -0.207 e. The third-order valence-corrected chi connectivity index (χ3v) is 3.95. The lowest BCUT2D eigenvalue weighted by Crippen LogP contribution is -1.99. The molecule has 2 aromatic rings. The van der Waals surface area contributed by atoms with Crippen molar-refractivity contribution in [1.82, 2.24) is 0 Å². The standard InChI is InChI=1S/C17H18ClF/c1-3-12-9-10-14(11-13(12)4-2)17(18)15-7-5-6-8-16(15)19/h5-11,17H,3-4H2,1-2H3. The Morgan fingerprint density at radius 1 is 1.00 bits per heavy atom. The number of hydrogen-bond acceptors (Lipinski definition) is 0. The van der Waals surface area contributed by atoms with Gasteiger partial charge in [0.15, 0.2) is 0 Å². The van der Waals surface area contributed by atoms with Gasteiger partial charge in [-0.05, 0) is 35.6 Å². The van der Waals surface area contributed by atoms with E-state index in [9.17, 15) is 4.39 Å². The van der Waals surface area contributed by atoms with Crippen molar-refractivity contribution in [2.45, 2.75) is 32.1 Å². The highest BCUT2D eigenvalue weighted by Crippen LogP contribution is 2.31. The Morgan fingerprint density at radius 2 is 1.68 bits per heavy atom. The number of halogens is 2. The predicted molar refractivity (Wildman–Crippen MR) is 79.3 cm³/mol. The summed E-state index contributed by atoms with van der Waals surface area (Å²) < 4.78 is 13.8. The topological polar surface area (TPSA) is 0 Å². The Balaban J connectivity index is 2.39. The number of hydrogen-bond donors (Lipinski definition) is 0. The zero-order valence-corrected chi connectivity index (χ0v) is 12.0. The predicted octanol–water partition coefficient (Wildman–Crippen LogP) is 5.28. The third-order valence-electron chi connectivity index (χ3n) is 3.46. The second kappa shape index (κ2) is 6.21. The molecule has 100 valence electrons. The summed E-state index contributed by atoms with van der Waals surface area (Å²) in [7, 11) is 0. The Labute approximate surface area is 119 Å². The maximum atomic E-state index is 13.8. The van der Waals surface area contributed by atoms with E-state index in [0.717, 1.165) is 18.4 Å². The fourth-order valence-electron chi connectivity index (χ4n) is 2.34. The minimum absolute atomic E-state index is 0.250. The van der Waals surface area contributed by atoms with Crippen molar-refractivity contribution in [2.24, 2.45) is 0 Å². The smallest absolute Gasteiger partial charge is 0.128 e. The van der Waals surface area contributed by atoms with Crippen LogP contribution in [0.5, 0.6) is 0 Å². The summed E-state index contributed by atoms with van der Waals surface area (Å²) >= 11 is 6.42. The van der Waals surface area contributed by atoms with Crippen molar-refractivity contribution < 1.29 is 4.39 Å². The van der Waals surface area contributed by atoms with E-state index >= 15 is 0 Å². The van der Waals surface area contributed by atoms with E-state index in [2.05, 4.69) is 26.0 Å². The monoisotopic (exact) mass is 276 g/mol. The quantitative estimate of drug-likeness (QED) is 0.667. The summed E-state index contributed by atoms with van der Waals surface area (Å²) in [6.45, 7) is 4.27. The van der Waals surface area contributed by atoms with Gasteiger partial charge in [-0.15, -0.1) is 11.6 Å². The summed E-state index contributed by atoms with van der Waals surface area (Å²) in [6.07, 6.45) is 1.98. The first-order valence-corrected chi connectivity index (χ1v) is 7.11. The largest absolute Gasteiger partial charge is 0.207 e. The molecule has 0 N–H and O–H groups in total. The molecule has 0 aliphatic carbocycles. The van der Waals surface area contributed by atoms with E-state index in [-0.39, 0.29) is 5.82 Å². The summed E-state index contributed by atoms with van der Waals surface area (Å²) in [5.74, 6) is -0.250. The van der Waals surface area contributed by atoms with Crippen LogP contribution in [0.1, 0.15) is 41.5 Å². The van der Waals surface area contributed by atoms with E-state index in [4.69, 9.17) is 11.6 Å². The molecule has 0 amide bonds. The molecule has 0 saturated carbocycles. The molecule has 19 heavy (non-hydrogen) atoms. The molecule has 0 aliphatic heterocycles. The van der Waals surface area contributed by atoms with E-state index < -0.39 is 5.38 Å². The van der Waals surface area contributed by atoms with Gasteiger partial charge in [-0.1, -0.05) is 50.2 Å². The molecule has 0 nitrogen and oxygen atoms in total. The van der Waals surface area contributed by atoms with E-state index in [1.54, 1.807) is 12.1 Å². The summed E-state index contributed by atoms with van der Waals surface area (Å²) in [5.41, 5.74) is 4.13. The normalized spacial score (nSPS) is 12.4. The molecule has 2 aromatic carbocycles. The van der Waals surface area contributed by atoms with Crippen molar-refractivity contribution in [3.8, 4) is 0 Å². The highest BCUT2D eigenvalue weighted by Gasteiger charge is 2.15. The summed E-state index contributed by atoms with van der Waals surface area (Å²) in [4.78, 5) is 0. The van der Waals surface area contributed by atoms with Crippen LogP contribution in [0.25, 0.3) is 0 Å². The van der Waals surface area contributed by atoms with Crippen molar-refractivity contribution in [3.63, 3.8) is 0 Å². The van der Waals surface area contributed by atoms with Crippen LogP contribution in [-0.2, 0) is 12.8 Å². The van der Waals surface area contributed by atoms with Gasteiger partial charge in [0.25, 0.3) is 0 Å². The average molecular weight is 277 g/mol. The Bertz CT molecular complexity index is 563. The van der Waals surface area contributed by atoms with Crippen molar-refractivity contribution in [3.05, 3.63) is 70.5 Å². The van der Waals surface area contributed by atoms with Crippen LogP contribution in [0.4, 0.5) is 4.39 Å². The number of benzene rings is 2. The maximum absolute atomic E-state index is 13.8. The fourth-order valence-corrected chi connectivity index (χ4v) is 2.65. The SMILES string of the molecule is CCc1ccc(C(Cl)c2ccccc2F)cc1CC. The molecule has 0 spiro atoms. The number of aryl methyl sites for hydroxylation is 2. The van der Waals surface area contributed by atoms with Crippen molar-refractivity contribution >= 4 is 11.6 Å². The minimum atomic E-state index is -0.433. The second-order valence-electron chi connectivity index (χ2n) is 4.62. The van der Waals surface area contributed by atoms with Crippen LogP contribution in [0, 0.1) is 5.82 Å². The van der Waals surface area contributed by atoms with Crippen LogP contribution in [-0.4, -0.2) is 0 Å². The van der Waals surface area contributed by atoms with Crippen LogP contribution < -0.4 is 0 Å². The van der Waals surface area contributed by atoms with E-state index in [1.807, 2.05) is 12.1 Å². The number of alkyl halides is 1. The molecular weight excluding hydrogens is 259 g/mol. The van der Waals surface area contributed by atoms with E-state index in [1.165, 1.54) is 17.2 Å². The summed E-state index contributed by atoms with van der Waals surface area (Å²) in [5, 5.41) is -0.433. The fraction of sp³-hybridized carbons (Fsp3) is 0.294. The first kappa shape index (κ1) is 14.1. The summed E-state index contributed by atoms with van der Waals surface area (Å²) in [6, 6.07) is 12.9. The molecule has 0 heterocycles. The zero-order valence-electron chi connectivity index (χ0n) is 11.3. The molecule has 0 saturated heterocycles. The molecule has 2 heteroatoms. The van der Waals surface area contributed by atoms with Gasteiger partial charge in [-0.2, -0.15) is 0 Å². The number of rotatable bonds is 4. The second-order valence-corrected chi connectivity index (χ2v) is 5.06. The van der Waals surface area contributed by atoms with E-state index in [0.29, 0.717) is 5.56 Å². The lowest BCUT2D eigenvalue weighted by molar-refractivity contribution is 0.612. The molecule has 0 radical (unpaired) electrons. The van der Waals surface area contributed by atoms with Crippen LogP contribution in [0.2, 0.25) is 0 Å². The molecule has 1 unspecified atom stereocenters. The van der Waals surface area contributed by atoms with Crippen LogP contribution in [0.3, 0.4) is 0 Å². The highest BCUT2D eigenvalue weighted by molar-refractivity contribution is 6.22. The maximum Gasteiger partial charge on any atom is 0.128 e. The molecule has 0 aromatic heterocycles. The van der Waals surface area contributed by atoms with Gasteiger partial charge in [0.2, 0.25) is 0 Å². The van der Waals surface area contributed by atoms with Crippen molar-refractivity contribution in [1.29, 1.82) is 0 Å². The Hall–Kier alpha value is -1.34. The molecular formula is C17H18ClF. The van der Waals surface area contributed by atoms with Gasteiger partial charge >= 0.3 is 0 Å². The van der Waals surface area contributed by atoms with Gasteiger partial charge < -0.3 is 0 Å². The van der Waals surface area contributed by atoms with Gasteiger partial charge in [-0.3, -0.25) is 0 Å². The average Bonchev–Trinajstić information content (AvgIpc) is 2.46. The van der Waals surface area contributed by atoms with Gasteiger partial charge in [0, 0.05) is 5.56 Å². The van der Waals surface area contributed by atoms with Crippen LogP contribution >= 0.6 is 11.6 Å². The van der Waals surface area contributed by atoms with Crippen molar-refractivity contribution in [2.75, 3.05) is 0 Å². The zero-order chi connectivity index (χ0) is 13.8. The Morgan fingerprint density at radius 3 is 2.32 bits per heavy atom. The lowest BCUT2D eigenvalue weighted by Gasteiger charge is -2.14. The van der Waals surface area contributed by atoms with Gasteiger partial charge in [0.1, 0.15) is 5.82 Å². The molecule has 2 rings (SSSR count). The highest BCUT2D eigenvalue weighted by atomic mass is 35.5. The molecule has 0 aliphatic rings. The lowest BCUT2D eigenvalue weighted by atomic mass is 9.96. The molecule has 1 atom stereocenters. The third kappa shape index (κ3) is 2.98. The van der Waals surface area contributed by atoms with Crippen LogP contribution in [0.15, 0.2) is 42.5 Å². The van der Waals surface area contributed by atoms with Gasteiger partial charge in [0.05, 0.1) is 5.38 Å². The first-order valence-electron chi connectivity index (χ1n) is 6.67. The molecule has 0 fully saturated rings. The first-order chi connectivity index (χ1) is 9.17.